The number of carbonyl (C=O) groups excluding carboxylic acids is 1. The van der Waals surface area contributed by atoms with Crippen molar-refractivity contribution in [3.8, 4) is 0 Å². The molecule has 3 heterocycles. The van der Waals surface area contributed by atoms with Crippen molar-refractivity contribution in [3.63, 3.8) is 0 Å². The van der Waals surface area contributed by atoms with E-state index in [1.165, 1.54) is 5.56 Å². The second-order valence-corrected chi connectivity index (χ2v) is 6.50. The van der Waals surface area contributed by atoms with E-state index in [-0.39, 0.29) is 18.0 Å². The summed E-state index contributed by atoms with van der Waals surface area (Å²) in [5.74, 6) is 0.171. The minimum atomic E-state index is -0.162. The fraction of sp³-hybridized carbons (Fsp3) is 0.368. The number of likely N-dealkylation sites (N-methyl/N-ethyl adjacent to an activating group) is 1. The smallest absolute Gasteiger partial charge is 0.245 e. The van der Waals surface area contributed by atoms with Crippen LogP contribution < -0.4 is 4.90 Å². The zero-order valence-corrected chi connectivity index (χ0v) is 13.8. The maximum Gasteiger partial charge on any atom is 0.245 e. The highest BCUT2D eigenvalue weighted by atomic mass is 16.5. The first kappa shape index (κ1) is 15.1. The predicted octanol–water partition coefficient (Wildman–Crippen LogP) is 2.22. The molecule has 0 spiro atoms. The number of amides is 1. The van der Waals surface area contributed by atoms with Crippen molar-refractivity contribution in [3.05, 3.63) is 59.9 Å². The quantitative estimate of drug-likeness (QED) is 0.869. The van der Waals surface area contributed by atoms with Gasteiger partial charge in [0.25, 0.3) is 0 Å². The second-order valence-electron chi connectivity index (χ2n) is 6.50. The van der Waals surface area contributed by atoms with Crippen LogP contribution in [0.15, 0.2) is 48.8 Å². The average Bonchev–Trinajstić information content (AvgIpc) is 2.90. The number of benzene rings is 1. The van der Waals surface area contributed by atoms with Crippen LogP contribution in [0.25, 0.3) is 0 Å². The third kappa shape index (κ3) is 2.65. The van der Waals surface area contributed by atoms with Gasteiger partial charge < -0.3 is 14.5 Å². The monoisotopic (exact) mass is 323 g/mol. The number of carbonyl (C=O) groups is 1. The van der Waals surface area contributed by atoms with E-state index in [4.69, 9.17) is 4.74 Å². The summed E-state index contributed by atoms with van der Waals surface area (Å²) in [5, 5.41) is 0. The summed E-state index contributed by atoms with van der Waals surface area (Å²) in [7, 11) is 1.91. The van der Waals surface area contributed by atoms with Crippen molar-refractivity contribution in [1.29, 1.82) is 0 Å². The number of anilines is 1. The Hall–Kier alpha value is -2.40. The molecule has 124 valence electrons. The van der Waals surface area contributed by atoms with Gasteiger partial charge in [0.15, 0.2) is 0 Å². The van der Waals surface area contributed by atoms with Crippen LogP contribution in [0.4, 0.5) is 5.69 Å². The number of aromatic nitrogens is 1. The maximum atomic E-state index is 12.8. The van der Waals surface area contributed by atoms with Gasteiger partial charge in [0, 0.05) is 36.7 Å². The number of fused-ring (bicyclic) bond motifs is 1. The average molecular weight is 323 g/mol. The van der Waals surface area contributed by atoms with Gasteiger partial charge in [-0.2, -0.15) is 0 Å². The molecule has 1 aromatic heterocycles. The molecular weight excluding hydrogens is 302 g/mol. The lowest BCUT2D eigenvalue weighted by Crippen LogP contribution is -2.44. The van der Waals surface area contributed by atoms with E-state index in [0.717, 1.165) is 24.1 Å². The lowest BCUT2D eigenvalue weighted by Gasteiger charge is -2.34. The van der Waals surface area contributed by atoms with E-state index in [1.807, 2.05) is 42.4 Å². The molecule has 0 radical (unpaired) electrons. The number of rotatable bonds is 3. The molecule has 0 N–H and O–H groups in total. The van der Waals surface area contributed by atoms with Gasteiger partial charge in [-0.05, 0) is 24.5 Å². The summed E-state index contributed by atoms with van der Waals surface area (Å²) in [6.07, 6.45) is 5.31. The molecule has 0 bridgehead atoms. The molecule has 1 aromatic carbocycles. The molecule has 1 amide bonds. The topological polar surface area (TPSA) is 45.7 Å². The van der Waals surface area contributed by atoms with Crippen LogP contribution in [0.3, 0.4) is 0 Å². The molecule has 1 saturated heterocycles. The largest absolute Gasteiger partial charge is 0.356 e. The first-order valence-corrected chi connectivity index (χ1v) is 8.32. The maximum absolute atomic E-state index is 12.8. The molecular formula is C19H21N3O2. The van der Waals surface area contributed by atoms with Crippen molar-refractivity contribution in [2.24, 2.45) is 0 Å². The van der Waals surface area contributed by atoms with Crippen molar-refractivity contribution in [2.75, 3.05) is 18.7 Å². The van der Waals surface area contributed by atoms with Crippen LogP contribution in [0.2, 0.25) is 0 Å². The van der Waals surface area contributed by atoms with Crippen LogP contribution in [-0.4, -0.2) is 41.7 Å². The zero-order chi connectivity index (χ0) is 16.5. The minimum Gasteiger partial charge on any atom is -0.356 e. The number of ether oxygens (including phenoxy) is 1. The Morgan fingerprint density at radius 2 is 2.08 bits per heavy atom. The lowest BCUT2D eigenvalue weighted by molar-refractivity contribution is -0.129. The summed E-state index contributed by atoms with van der Waals surface area (Å²) in [6, 6.07) is 12.4. The van der Waals surface area contributed by atoms with Crippen LogP contribution in [0, 0.1) is 0 Å². The molecule has 24 heavy (non-hydrogen) atoms. The molecule has 0 aliphatic carbocycles. The summed E-state index contributed by atoms with van der Waals surface area (Å²) < 4.78 is 5.67. The number of pyridine rings is 1. The Bertz CT molecular complexity index is 734. The van der Waals surface area contributed by atoms with Gasteiger partial charge in [-0.15, -0.1) is 0 Å². The number of likely N-dealkylation sites (tertiary alicyclic amines) is 1. The fourth-order valence-electron chi connectivity index (χ4n) is 3.69. The van der Waals surface area contributed by atoms with Crippen molar-refractivity contribution in [2.45, 2.75) is 31.5 Å². The fourth-order valence-corrected chi connectivity index (χ4v) is 3.69. The number of hydrogen-bond donors (Lipinski definition) is 0. The molecule has 2 atom stereocenters. The van der Waals surface area contributed by atoms with Gasteiger partial charge >= 0.3 is 0 Å². The molecule has 4 rings (SSSR count). The lowest BCUT2D eigenvalue weighted by atomic mass is 10.0. The zero-order valence-electron chi connectivity index (χ0n) is 13.8. The van der Waals surface area contributed by atoms with Gasteiger partial charge in [-0.25, -0.2) is 0 Å². The van der Waals surface area contributed by atoms with E-state index >= 15 is 0 Å². The molecule has 5 nitrogen and oxygen atoms in total. The Kier molecular flexibility index (Phi) is 3.94. The molecule has 2 aromatic rings. The van der Waals surface area contributed by atoms with Crippen LogP contribution in [0.1, 0.15) is 17.5 Å². The summed E-state index contributed by atoms with van der Waals surface area (Å²) in [6.45, 7) is 1.02. The standard InChI is InChI=1S/C19H21N3O2/c1-21-16(9-14-5-3-2-4-6-14)10-18(19(21)23)22-13-24-12-15-11-20-8-7-17(15)22/h2-8,11,16,18H,9-10,12-13H2,1H3/t16-,18?/m0/s1. The van der Waals surface area contributed by atoms with Gasteiger partial charge in [0.2, 0.25) is 5.91 Å². The molecule has 1 unspecified atom stereocenters. The molecule has 1 fully saturated rings. The molecule has 0 saturated carbocycles. The summed E-state index contributed by atoms with van der Waals surface area (Å²) in [5.41, 5.74) is 3.39. The van der Waals surface area contributed by atoms with Crippen LogP contribution >= 0.6 is 0 Å². The number of hydrogen-bond acceptors (Lipinski definition) is 4. The Morgan fingerprint density at radius 1 is 1.25 bits per heavy atom. The molecule has 2 aliphatic heterocycles. The second kappa shape index (κ2) is 6.24. The van der Waals surface area contributed by atoms with Gasteiger partial charge in [-0.3, -0.25) is 9.78 Å². The SMILES string of the molecule is CN1C(=O)C(N2COCc3cnccc32)C[C@@H]1Cc1ccccc1. The van der Waals surface area contributed by atoms with E-state index < -0.39 is 0 Å². The predicted molar refractivity (Wildman–Crippen MR) is 91.5 cm³/mol. The first-order chi connectivity index (χ1) is 11.7. The normalized spacial score (nSPS) is 23.5. The minimum absolute atomic E-state index is 0.162. The third-order valence-electron chi connectivity index (χ3n) is 5.04. The Morgan fingerprint density at radius 3 is 2.92 bits per heavy atom. The summed E-state index contributed by atoms with van der Waals surface area (Å²) in [4.78, 5) is 21.0. The Balaban J connectivity index is 1.56. The Labute approximate surface area is 141 Å². The molecule has 5 heteroatoms. The van der Waals surface area contributed by atoms with E-state index in [9.17, 15) is 4.79 Å². The first-order valence-electron chi connectivity index (χ1n) is 8.32. The summed E-state index contributed by atoms with van der Waals surface area (Å²) >= 11 is 0. The van der Waals surface area contributed by atoms with Gasteiger partial charge in [0.05, 0.1) is 6.61 Å². The highest BCUT2D eigenvalue weighted by molar-refractivity contribution is 5.88. The van der Waals surface area contributed by atoms with Gasteiger partial charge in [0.1, 0.15) is 12.8 Å². The van der Waals surface area contributed by atoms with Gasteiger partial charge in [-0.1, -0.05) is 30.3 Å². The van der Waals surface area contributed by atoms with Crippen molar-refractivity contribution >= 4 is 11.6 Å². The van der Waals surface area contributed by atoms with Crippen molar-refractivity contribution in [1.82, 2.24) is 9.88 Å². The van der Waals surface area contributed by atoms with E-state index in [1.54, 1.807) is 6.20 Å². The van der Waals surface area contributed by atoms with Crippen LogP contribution in [0.5, 0.6) is 0 Å². The van der Waals surface area contributed by atoms with E-state index in [0.29, 0.717) is 13.3 Å². The highest BCUT2D eigenvalue weighted by Crippen LogP contribution is 2.32. The van der Waals surface area contributed by atoms with E-state index in [2.05, 4.69) is 22.0 Å². The number of nitrogens with zero attached hydrogens (tertiary/aromatic N) is 3. The third-order valence-corrected chi connectivity index (χ3v) is 5.04. The van der Waals surface area contributed by atoms with Crippen molar-refractivity contribution < 1.29 is 9.53 Å². The molecule has 2 aliphatic rings. The highest BCUT2D eigenvalue weighted by Gasteiger charge is 2.41. The van der Waals surface area contributed by atoms with Crippen LogP contribution in [-0.2, 0) is 22.6 Å².